The maximum Gasteiger partial charge on any atom is 0.268 e. The van der Waals surface area contributed by atoms with Crippen LogP contribution in [0.2, 0.25) is 0 Å². The maximum atomic E-state index is 13.3. The number of nitrogens with zero attached hydrogens (tertiary/aromatic N) is 2. The van der Waals surface area contributed by atoms with Crippen molar-refractivity contribution in [3.05, 3.63) is 81.3 Å². The van der Waals surface area contributed by atoms with Crippen molar-refractivity contribution in [2.75, 3.05) is 11.1 Å². The van der Waals surface area contributed by atoms with Gasteiger partial charge in [-0.15, -0.1) is 11.8 Å². The quantitative estimate of drug-likeness (QED) is 0.398. The Bertz CT molecular complexity index is 1190. The van der Waals surface area contributed by atoms with Crippen molar-refractivity contribution in [2.45, 2.75) is 55.5 Å². The zero-order valence-corrected chi connectivity index (χ0v) is 20.2. The number of amides is 1. The smallest absolute Gasteiger partial charge is 0.268 e. The van der Waals surface area contributed by atoms with Gasteiger partial charge in [0.25, 0.3) is 5.56 Å². The van der Waals surface area contributed by atoms with Crippen molar-refractivity contribution >= 4 is 35.1 Å². The number of hydrogen-bond donors (Lipinski definition) is 1. The summed E-state index contributed by atoms with van der Waals surface area (Å²) >= 11 is 2.94. The van der Waals surface area contributed by atoms with E-state index in [-0.39, 0.29) is 17.2 Å². The summed E-state index contributed by atoms with van der Waals surface area (Å²) in [6.07, 6.45) is 1.53. The molecule has 32 heavy (non-hydrogen) atoms. The fraction of sp³-hybridized carbons (Fsp3) is 0.320. The van der Waals surface area contributed by atoms with Crippen molar-refractivity contribution in [3.63, 3.8) is 0 Å². The standard InChI is InChI=1S/C25H27N3O2S2/c1-16-8-7-11-20(18(16)3)26-22(29)15-31-25-27-21-14-17(2)32-23(21)24(30)28(25)13-12-19-9-5-4-6-10-19/h4-11,17H,12-15H2,1-3H3,(H,26,29). The molecule has 3 aromatic rings. The third kappa shape index (κ3) is 5.10. The molecule has 0 aliphatic carbocycles. The van der Waals surface area contributed by atoms with Crippen molar-refractivity contribution in [3.8, 4) is 0 Å². The summed E-state index contributed by atoms with van der Waals surface area (Å²) < 4.78 is 1.74. The minimum Gasteiger partial charge on any atom is -0.325 e. The Morgan fingerprint density at radius 1 is 1.19 bits per heavy atom. The van der Waals surface area contributed by atoms with E-state index in [0.29, 0.717) is 17.0 Å². The summed E-state index contributed by atoms with van der Waals surface area (Å²) in [5.74, 6) is 0.0999. The number of nitrogens with one attached hydrogen (secondary N) is 1. The van der Waals surface area contributed by atoms with Crippen LogP contribution in [-0.2, 0) is 24.2 Å². The van der Waals surface area contributed by atoms with Crippen molar-refractivity contribution < 1.29 is 4.79 Å². The predicted octanol–water partition coefficient (Wildman–Crippen LogP) is 4.87. The Labute approximate surface area is 197 Å². The van der Waals surface area contributed by atoms with E-state index in [2.05, 4.69) is 24.4 Å². The van der Waals surface area contributed by atoms with E-state index in [1.54, 1.807) is 16.3 Å². The molecule has 0 saturated carbocycles. The summed E-state index contributed by atoms with van der Waals surface area (Å²) in [7, 11) is 0. The minimum atomic E-state index is -0.101. The summed E-state index contributed by atoms with van der Waals surface area (Å²) in [6.45, 7) is 6.68. The average molecular weight is 466 g/mol. The summed E-state index contributed by atoms with van der Waals surface area (Å²) in [5.41, 5.74) is 5.07. The molecule has 0 radical (unpaired) electrons. The van der Waals surface area contributed by atoms with Crippen LogP contribution in [0.15, 0.2) is 63.4 Å². The van der Waals surface area contributed by atoms with Crippen molar-refractivity contribution in [1.82, 2.24) is 9.55 Å². The molecule has 0 bridgehead atoms. The van der Waals surface area contributed by atoms with Gasteiger partial charge in [0.05, 0.1) is 16.3 Å². The van der Waals surface area contributed by atoms with E-state index in [1.165, 1.54) is 17.3 Å². The van der Waals surface area contributed by atoms with Gasteiger partial charge in [-0.3, -0.25) is 14.2 Å². The van der Waals surface area contributed by atoms with E-state index in [1.807, 2.05) is 50.2 Å². The zero-order valence-electron chi connectivity index (χ0n) is 18.6. The van der Waals surface area contributed by atoms with Gasteiger partial charge in [0.2, 0.25) is 5.91 Å². The van der Waals surface area contributed by atoms with Crippen LogP contribution < -0.4 is 10.9 Å². The van der Waals surface area contributed by atoms with Crippen molar-refractivity contribution in [2.24, 2.45) is 0 Å². The van der Waals surface area contributed by atoms with E-state index in [0.717, 1.165) is 40.2 Å². The van der Waals surface area contributed by atoms with E-state index in [9.17, 15) is 9.59 Å². The molecule has 2 aromatic carbocycles. The Morgan fingerprint density at radius 3 is 2.75 bits per heavy atom. The molecule has 5 nitrogen and oxygen atoms in total. The second-order valence-electron chi connectivity index (χ2n) is 8.08. The molecule has 4 rings (SSSR count). The first kappa shape index (κ1) is 22.7. The van der Waals surface area contributed by atoms with Gasteiger partial charge in [-0.1, -0.05) is 61.2 Å². The van der Waals surface area contributed by atoms with Crippen LogP contribution in [0.5, 0.6) is 0 Å². The van der Waals surface area contributed by atoms with Crippen LogP contribution in [0.3, 0.4) is 0 Å². The predicted molar refractivity (Wildman–Crippen MR) is 133 cm³/mol. The van der Waals surface area contributed by atoms with Gasteiger partial charge in [-0.25, -0.2) is 4.98 Å². The van der Waals surface area contributed by atoms with Gasteiger partial charge >= 0.3 is 0 Å². The molecule has 7 heteroatoms. The summed E-state index contributed by atoms with van der Waals surface area (Å²) in [5, 5.41) is 3.96. The molecule has 2 heterocycles. The number of thioether (sulfide) groups is 2. The number of rotatable bonds is 7. The highest BCUT2D eigenvalue weighted by molar-refractivity contribution is 8.00. The number of benzene rings is 2. The number of hydrogen-bond acceptors (Lipinski definition) is 5. The van der Waals surface area contributed by atoms with E-state index in [4.69, 9.17) is 4.98 Å². The second-order valence-corrected chi connectivity index (χ2v) is 10.5. The fourth-order valence-corrected chi connectivity index (χ4v) is 5.68. The number of carbonyl (C=O) groups is 1. The molecular formula is C25H27N3O2S2. The highest BCUT2D eigenvalue weighted by Crippen LogP contribution is 2.34. The molecule has 1 aliphatic heterocycles. The van der Waals surface area contributed by atoms with E-state index >= 15 is 0 Å². The van der Waals surface area contributed by atoms with Crippen LogP contribution in [0.1, 0.15) is 29.3 Å². The molecule has 1 atom stereocenters. The first-order valence-corrected chi connectivity index (χ1v) is 12.6. The highest BCUT2D eigenvalue weighted by atomic mass is 32.2. The average Bonchev–Trinajstić information content (AvgIpc) is 3.16. The van der Waals surface area contributed by atoms with Crippen LogP contribution in [0.25, 0.3) is 0 Å². The molecule has 1 aromatic heterocycles. The van der Waals surface area contributed by atoms with Gasteiger partial charge in [0.1, 0.15) is 0 Å². The van der Waals surface area contributed by atoms with Crippen LogP contribution in [-0.4, -0.2) is 26.5 Å². The van der Waals surface area contributed by atoms with Gasteiger partial charge in [0.15, 0.2) is 5.16 Å². The largest absolute Gasteiger partial charge is 0.325 e. The monoisotopic (exact) mass is 465 g/mol. The minimum absolute atomic E-state index is 0.0118. The molecule has 1 unspecified atom stereocenters. The van der Waals surface area contributed by atoms with Crippen LogP contribution in [0, 0.1) is 13.8 Å². The maximum absolute atomic E-state index is 13.3. The molecule has 1 amide bonds. The Morgan fingerprint density at radius 2 is 1.97 bits per heavy atom. The third-order valence-electron chi connectivity index (χ3n) is 5.64. The molecule has 0 fully saturated rings. The molecule has 0 spiro atoms. The van der Waals surface area contributed by atoms with Gasteiger partial charge in [-0.2, -0.15) is 0 Å². The lowest BCUT2D eigenvalue weighted by Crippen LogP contribution is -2.27. The Kier molecular flexibility index (Phi) is 7.06. The molecular weight excluding hydrogens is 438 g/mol. The van der Waals surface area contributed by atoms with Crippen LogP contribution >= 0.6 is 23.5 Å². The second kappa shape index (κ2) is 9.96. The molecule has 1 N–H and O–H groups in total. The number of aromatic nitrogens is 2. The summed E-state index contributed by atoms with van der Waals surface area (Å²) in [6, 6.07) is 16.0. The third-order valence-corrected chi connectivity index (χ3v) is 7.83. The highest BCUT2D eigenvalue weighted by Gasteiger charge is 2.26. The van der Waals surface area contributed by atoms with Gasteiger partial charge in [0, 0.05) is 23.9 Å². The summed E-state index contributed by atoms with van der Waals surface area (Å²) in [4.78, 5) is 31.5. The SMILES string of the molecule is Cc1cccc(NC(=O)CSc2nc3c(c(=O)n2CCc2ccccc2)SC(C)C3)c1C. The number of fused-ring (bicyclic) bond motifs is 1. The first-order chi connectivity index (χ1) is 15.4. The lowest BCUT2D eigenvalue weighted by molar-refractivity contribution is -0.113. The Hall–Kier alpha value is -2.51. The fourth-order valence-electron chi connectivity index (χ4n) is 3.73. The first-order valence-electron chi connectivity index (χ1n) is 10.8. The Balaban J connectivity index is 1.53. The normalized spacial score (nSPS) is 14.9. The number of carbonyl (C=O) groups excluding carboxylic acids is 1. The van der Waals surface area contributed by atoms with Crippen molar-refractivity contribution in [1.29, 1.82) is 0 Å². The molecule has 0 saturated heterocycles. The van der Waals surface area contributed by atoms with E-state index < -0.39 is 0 Å². The number of aryl methyl sites for hydroxylation is 2. The lowest BCUT2D eigenvalue weighted by atomic mass is 10.1. The molecule has 166 valence electrons. The van der Waals surface area contributed by atoms with Gasteiger partial charge < -0.3 is 5.32 Å². The number of anilines is 1. The lowest BCUT2D eigenvalue weighted by Gasteiger charge is -2.14. The van der Waals surface area contributed by atoms with Crippen LogP contribution in [0.4, 0.5) is 5.69 Å². The molecule has 1 aliphatic rings. The topological polar surface area (TPSA) is 64.0 Å². The zero-order chi connectivity index (χ0) is 22.7. The van der Waals surface area contributed by atoms with Gasteiger partial charge in [-0.05, 0) is 43.0 Å².